The summed E-state index contributed by atoms with van der Waals surface area (Å²) in [5, 5.41) is 7.90. The van der Waals surface area contributed by atoms with Crippen molar-refractivity contribution in [2.45, 2.75) is 33.1 Å². The second-order valence-corrected chi connectivity index (χ2v) is 15.8. The molecule has 0 spiro atoms. The van der Waals surface area contributed by atoms with Crippen LogP contribution < -0.4 is 0 Å². The molecule has 9 aromatic carbocycles. The number of aryl methyl sites for hydroxylation is 2. The third-order valence-corrected chi connectivity index (χ3v) is 12.3. The standard InChI is InChI=1S/C53H38/c1-31-25-32(2)50-46(26-31)47-30-44-38-21-19-35(33-13-7-5-8-14-33)27-43(38)42(36-20-22-40-39-17-11-12-18-48(39)53(3,4)49(40)28-36)29-45(44)41-24-23-37(52(50)51(41)47)34-15-9-6-10-16-34/h5-30H,1-4H3. The molecule has 0 heteroatoms. The summed E-state index contributed by atoms with van der Waals surface area (Å²) in [4.78, 5) is 0. The number of benzene rings is 9. The average Bonchev–Trinajstić information content (AvgIpc) is 3.64. The van der Waals surface area contributed by atoms with Crippen LogP contribution in [0.3, 0.4) is 0 Å². The van der Waals surface area contributed by atoms with Crippen LogP contribution in [0.4, 0.5) is 0 Å². The molecule has 0 N–H and O–H groups in total. The molecule has 0 amide bonds. The second-order valence-electron chi connectivity index (χ2n) is 15.8. The molecule has 250 valence electrons. The molecule has 9 aromatic rings. The van der Waals surface area contributed by atoms with Crippen LogP contribution in [0, 0.1) is 13.8 Å². The first-order valence-electron chi connectivity index (χ1n) is 18.8. The van der Waals surface area contributed by atoms with Gasteiger partial charge in [-0.05, 0) is 154 Å². The van der Waals surface area contributed by atoms with Gasteiger partial charge < -0.3 is 0 Å². The van der Waals surface area contributed by atoms with Gasteiger partial charge in [0.2, 0.25) is 0 Å². The van der Waals surface area contributed by atoms with Crippen LogP contribution >= 0.6 is 0 Å². The summed E-state index contributed by atoms with van der Waals surface area (Å²) in [5.41, 5.74) is 21.1. The van der Waals surface area contributed by atoms with Crippen LogP contribution in [0.1, 0.15) is 36.1 Å². The van der Waals surface area contributed by atoms with Crippen LogP contribution in [-0.2, 0) is 5.41 Å². The maximum absolute atomic E-state index is 2.51. The van der Waals surface area contributed by atoms with E-state index >= 15 is 0 Å². The summed E-state index contributed by atoms with van der Waals surface area (Å²) in [6, 6.07) is 59.6. The number of hydrogen-bond acceptors (Lipinski definition) is 0. The lowest BCUT2D eigenvalue weighted by atomic mass is 9.81. The van der Waals surface area contributed by atoms with Crippen LogP contribution in [-0.4, -0.2) is 0 Å². The Morgan fingerprint density at radius 3 is 1.79 bits per heavy atom. The van der Waals surface area contributed by atoms with Crippen molar-refractivity contribution in [3.05, 3.63) is 180 Å². The van der Waals surface area contributed by atoms with E-state index in [0.717, 1.165) is 0 Å². The highest BCUT2D eigenvalue weighted by Gasteiger charge is 2.35. The molecular weight excluding hydrogens is 637 g/mol. The first-order chi connectivity index (χ1) is 25.9. The molecule has 0 heterocycles. The van der Waals surface area contributed by atoms with Crippen LogP contribution in [0.5, 0.6) is 0 Å². The Morgan fingerprint density at radius 1 is 0.340 bits per heavy atom. The summed E-state index contributed by atoms with van der Waals surface area (Å²) >= 11 is 0. The topological polar surface area (TPSA) is 0 Å². The fraction of sp³-hybridized carbons (Fsp3) is 0.0943. The first-order valence-corrected chi connectivity index (χ1v) is 18.8. The molecule has 0 aromatic heterocycles. The minimum Gasteiger partial charge on any atom is -0.0622 e. The van der Waals surface area contributed by atoms with E-state index in [-0.39, 0.29) is 5.41 Å². The summed E-state index contributed by atoms with van der Waals surface area (Å²) in [6.45, 7) is 9.28. The van der Waals surface area contributed by atoms with Gasteiger partial charge in [-0.3, -0.25) is 0 Å². The zero-order valence-electron chi connectivity index (χ0n) is 30.5. The average molecular weight is 675 g/mol. The zero-order chi connectivity index (χ0) is 35.6. The van der Waals surface area contributed by atoms with Crippen molar-refractivity contribution in [1.82, 2.24) is 0 Å². The van der Waals surface area contributed by atoms with E-state index in [2.05, 4.69) is 185 Å². The summed E-state index contributed by atoms with van der Waals surface area (Å²) < 4.78 is 0. The molecule has 2 aliphatic rings. The molecule has 0 fully saturated rings. The number of hydrogen-bond donors (Lipinski definition) is 0. The normalized spacial score (nSPS) is 13.4. The minimum atomic E-state index is -0.0748. The van der Waals surface area contributed by atoms with E-state index in [9.17, 15) is 0 Å². The Hall–Kier alpha value is -6.24. The Balaban J connectivity index is 1.26. The molecule has 0 saturated heterocycles. The lowest BCUT2D eigenvalue weighted by Crippen LogP contribution is -2.14. The molecule has 0 aliphatic heterocycles. The number of fused-ring (bicyclic) bond motifs is 10. The van der Waals surface area contributed by atoms with E-state index in [4.69, 9.17) is 0 Å². The van der Waals surface area contributed by atoms with Crippen LogP contribution in [0.25, 0.3) is 99.1 Å². The fourth-order valence-corrected chi connectivity index (χ4v) is 9.91. The van der Waals surface area contributed by atoms with E-state index < -0.39 is 0 Å². The van der Waals surface area contributed by atoms with Gasteiger partial charge in [0.25, 0.3) is 0 Å². The lowest BCUT2D eigenvalue weighted by Gasteiger charge is -2.22. The van der Waals surface area contributed by atoms with Crippen molar-refractivity contribution in [2.24, 2.45) is 0 Å². The molecule has 0 unspecified atom stereocenters. The molecular formula is C53H38. The molecule has 0 saturated carbocycles. The highest BCUT2D eigenvalue weighted by Crippen LogP contribution is 2.56. The summed E-state index contributed by atoms with van der Waals surface area (Å²) in [7, 11) is 0. The smallest absolute Gasteiger partial charge is 0.0159 e. The molecule has 0 radical (unpaired) electrons. The van der Waals surface area contributed by atoms with E-state index in [1.807, 2.05) is 0 Å². The third kappa shape index (κ3) is 4.24. The highest BCUT2D eigenvalue weighted by atomic mass is 14.4. The molecule has 11 rings (SSSR count). The molecule has 2 aliphatic carbocycles. The Morgan fingerprint density at radius 2 is 0.981 bits per heavy atom. The monoisotopic (exact) mass is 674 g/mol. The predicted molar refractivity (Wildman–Crippen MR) is 227 cm³/mol. The van der Waals surface area contributed by atoms with Gasteiger partial charge in [0.15, 0.2) is 0 Å². The molecule has 53 heavy (non-hydrogen) atoms. The van der Waals surface area contributed by atoms with Gasteiger partial charge in [0.05, 0.1) is 0 Å². The quantitative estimate of drug-likeness (QED) is 0.164. The van der Waals surface area contributed by atoms with E-state index in [0.29, 0.717) is 0 Å². The molecule has 0 nitrogen and oxygen atoms in total. The van der Waals surface area contributed by atoms with Gasteiger partial charge in [-0.1, -0.05) is 153 Å². The van der Waals surface area contributed by atoms with Gasteiger partial charge in [0.1, 0.15) is 0 Å². The fourth-order valence-electron chi connectivity index (χ4n) is 9.91. The van der Waals surface area contributed by atoms with Gasteiger partial charge in [-0.15, -0.1) is 0 Å². The predicted octanol–water partition coefficient (Wildman–Crippen LogP) is 14.7. The molecule has 0 bridgehead atoms. The van der Waals surface area contributed by atoms with Gasteiger partial charge in [0, 0.05) is 5.41 Å². The van der Waals surface area contributed by atoms with Crippen molar-refractivity contribution < 1.29 is 0 Å². The van der Waals surface area contributed by atoms with Crippen molar-refractivity contribution in [3.8, 4) is 66.8 Å². The summed E-state index contributed by atoms with van der Waals surface area (Å²) in [5.74, 6) is 0. The lowest BCUT2D eigenvalue weighted by molar-refractivity contribution is 0.660. The van der Waals surface area contributed by atoms with E-state index in [1.165, 1.54) is 121 Å². The first kappa shape index (κ1) is 30.4. The van der Waals surface area contributed by atoms with Crippen molar-refractivity contribution in [2.75, 3.05) is 0 Å². The maximum atomic E-state index is 2.51. The number of rotatable bonds is 3. The zero-order valence-corrected chi connectivity index (χ0v) is 30.5. The van der Waals surface area contributed by atoms with Gasteiger partial charge >= 0.3 is 0 Å². The Kier molecular flexibility index (Phi) is 6.24. The Labute approximate surface area is 311 Å². The Bertz CT molecular complexity index is 3010. The SMILES string of the molecule is Cc1cc(C)c2c(c1)-c1cc3c4ccc(-c5ccccc5)cc4c(-c4ccc5c(c4)C(C)(C)c4ccccc4-5)cc3c3ccc(-c4ccccc4)c-2c13. The van der Waals surface area contributed by atoms with Crippen molar-refractivity contribution >= 4 is 32.3 Å². The summed E-state index contributed by atoms with van der Waals surface area (Å²) in [6.07, 6.45) is 0. The van der Waals surface area contributed by atoms with Crippen LogP contribution in [0.2, 0.25) is 0 Å². The van der Waals surface area contributed by atoms with Gasteiger partial charge in [-0.25, -0.2) is 0 Å². The highest BCUT2D eigenvalue weighted by molar-refractivity contribution is 6.30. The van der Waals surface area contributed by atoms with Gasteiger partial charge in [-0.2, -0.15) is 0 Å². The van der Waals surface area contributed by atoms with Crippen molar-refractivity contribution in [3.63, 3.8) is 0 Å². The van der Waals surface area contributed by atoms with Crippen molar-refractivity contribution in [1.29, 1.82) is 0 Å². The van der Waals surface area contributed by atoms with E-state index in [1.54, 1.807) is 0 Å². The minimum absolute atomic E-state index is 0.0748. The second kappa shape index (κ2) is 10.9. The van der Waals surface area contributed by atoms with Crippen LogP contribution in [0.15, 0.2) is 158 Å². The largest absolute Gasteiger partial charge is 0.0622 e. The maximum Gasteiger partial charge on any atom is 0.0159 e. The third-order valence-electron chi connectivity index (χ3n) is 12.3. The molecule has 0 atom stereocenters.